The van der Waals surface area contributed by atoms with Crippen LogP contribution < -0.4 is 14.8 Å². The number of para-hydroxylation sites is 2. The molecular weight excluding hydrogens is 331 g/mol. The van der Waals surface area contributed by atoms with E-state index in [1.807, 2.05) is 6.07 Å². The summed E-state index contributed by atoms with van der Waals surface area (Å²) in [7, 11) is 1.53. The van der Waals surface area contributed by atoms with E-state index in [9.17, 15) is 9.18 Å². The fourth-order valence-electron chi connectivity index (χ4n) is 2.12. The largest absolute Gasteiger partial charge is 0.493 e. The van der Waals surface area contributed by atoms with Gasteiger partial charge in [0.2, 0.25) is 0 Å². The fourth-order valence-corrected chi connectivity index (χ4v) is 2.97. The molecule has 1 atom stereocenters. The average molecular weight is 346 g/mol. The molecule has 0 saturated heterocycles. The number of carbonyl (C=O) groups excluding carboxylic acids is 1. The second-order valence-electron chi connectivity index (χ2n) is 5.03. The maximum Gasteiger partial charge on any atom is 0.266 e. The van der Waals surface area contributed by atoms with Crippen molar-refractivity contribution in [2.24, 2.45) is 0 Å². The molecule has 1 amide bonds. The summed E-state index contributed by atoms with van der Waals surface area (Å²) in [5.74, 6) is 0.320. The summed E-state index contributed by atoms with van der Waals surface area (Å²) in [6, 6.07) is 11.4. The molecule has 0 aliphatic carbocycles. The summed E-state index contributed by atoms with van der Waals surface area (Å²) in [5.41, 5.74) is 0.508. The molecule has 5 nitrogen and oxygen atoms in total. The van der Waals surface area contributed by atoms with E-state index in [2.05, 4.69) is 10.3 Å². The zero-order valence-corrected chi connectivity index (χ0v) is 13.9. The van der Waals surface area contributed by atoms with Crippen molar-refractivity contribution >= 4 is 32.6 Å². The number of rotatable bonds is 5. The number of halogens is 1. The van der Waals surface area contributed by atoms with Gasteiger partial charge in [-0.15, -0.1) is 0 Å². The van der Waals surface area contributed by atoms with Gasteiger partial charge in [-0.1, -0.05) is 23.5 Å². The first-order chi connectivity index (χ1) is 11.6. The van der Waals surface area contributed by atoms with Gasteiger partial charge in [-0.25, -0.2) is 9.37 Å². The lowest BCUT2D eigenvalue weighted by molar-refractivity contribution is -0.122. The van der Waals surface area contributed by atoms with Gasteiger partial charge < -0.3 is 9.47 Å². The third-order valence-electron chi connectivity index (χ3n) is 3.32. The van der Waals surface area contributed by atoms with E-state index in [1.165, 1.54) is 30.6 Å². The molecule has 7 heteroatoms. The minimum Gasteiger partial charge on any atom is -0.493 e. The van der Waals surface area contributed by atoms with E-state index >= 15 is 0 Å². The summed E-state index contributed by atoms with van der Waals surface area (Å²) < 4.78 is 24.8. The summed E-state index contributed by atoms with van der Waals surface area (Å²) in [4.78, 5) is 16.5. The first-order valence-electron chi connectivity index (χ1n) is 7.23. The Balaban J connectivity index is 1.71. The molecule has 0 saturated carbocycles. The Bertz CT molecular complexity index is 881. The molecule has 0 fully saturated rings. The first kappa shape index (κ1) is 16.2. The highest BCUT2D eigenvalue weighted by molar-refractivity contribution is 7.22. The van der Waals surface area contributed by atoms with Crippen LogP contribution in [0.1, 0.15) is 6.92 Å². The number of methoxy groups -OCH3 is 1. The van der Waals surface area contributed by atoms with Crippen LogP contribution in [-0.2, 0) is 4.79 Å². The minimum atomic E-state index is -0.745. The number of ether oxygens (including phenoxy) is 2. The number of hydrogen-bond acceptors (Lipinski definition) is 5. The normalized spacial score (nSPS) is 12.0. The molecule has 0 bridgehead atoms. The van der Waals surface area contributed by atoms with Crippen LogP contribution in [0.15, 0.2) is 42.5 Å². The zero-order chi connectivity index (χ0) is 17.1. The van der Waals surface area contributed by atoms with Gasteiger partial charge in [0.25, 0.3) is 5.91 Å². The number of carbonyl (C=O) groups is 1. The van der Waals surface area contributed by atoms with Crippen LogP contribution in [0.5, 0.6) is 11.5 Å². The lowest BCUT2D eigenvalue weighted by atomic mass is 10.3. The van der Waals surface area contributed by atoms with Crippen LogP contribution in [0.25, 0.3) is 10.2 Å². The molecule has 1 heterocycles. The molecule has 1 N–H and O–H groups in total. The van der Waals surface area contributed by atoms with Crippen LogP contribution in [0.4, 0.5) is 9.52 Å². The summed E-state index contributed by atoms with van der Waals surface area (Å²) in [6.45, 7) is 1.63. The number of aromatic nitrogens is 1. The Labute approximate surface area is 142 Å². The van der Waals surface area contributed by atoms with E-state index in [4.69, 9.17) is 9.47 Å². The molecule has 2 aromatic carbocycles. The molecule has 24 heavy (non-hydrogen) atoms. The van der Waals surface area contributed by atoms with E-state index in [0.717, 1.165) is 4.70 Å². The Kier molecular flexibility index (Phi) is 4.61. The third-order valence-corrected chi connectivity index (χ3v) is 4.27. The highest BCUT2D eigenvalue weighted by atomic mass is 32.1. The van der Waals surface area contributed by atoms with Crippen molar-refractivity contribution in [1.82, 2.24) is 4.98 Å². The maximum absolute atomic E-state index is 13.2. The van der Waals surface area contributed by atoms with E-state index in [-0.39, 0.29) is 11.7 Å². The van der Waals surface area contributed by atoms with Crippen molar-refractivity contribution in [1.29, 1.82) is 0 Å². The topological polar surface area (TPSA) is 60.5 Å². The number of benzene rings is 2. The highest BCUT2D eigenvalue weighted by Gasteiger charge is 2.18. The second-order valence-corrected chi connectivity index (χ2v) is 6.06. The number of nitrogens with one attached hydrogen (secondary N) is 1. The first-order valence-corrected chi connectivity index (χ1v) is 8.05. The molecule has 0 unspecified atom stereocenters. The number of fused-ring (bicyclic) bond motifs is 1. The summed E-state index contributed by atoms with van der Waals surface area (Å²) in [6.07, 6.45) is -0.745. The van der Waals surface area contributed by atoms with Crippen molar-refractivity contribution in [3.05, 3.63) is 48.3 Å². The van der Waals surface area contributed by atoms with Gasteiger partial charge in [-0.3, -0.25) is 10.1 Å². The number of amides is 1. The number of nitrogens with zero attached hydrogens (tertiary/aromatic N) is 1. The Morgan fingerprint density at radius 1 is 1.25 bits per heavy atom. The monoisotopic (exact) mass is 346 g/mol. The number of thiazole rings is 1. The van der Waals surface area contributed by atoms with Gasteiger partial charge in [-0.2, -0.15) is 0 Å². The van der Waals surface area contributed by atoms with Crippen LogP contribution in [-0.4, -0.2) is 24.1 Å². The third kappa shape index (κ3) is 3.46. The standard InChI is InChI=1S/C17H15FN2O3S/c1-10(23-14-6-4-3-5-13(14)22-2)16(21)20-17-19-12-9-11(18)7-8-15(12)24-17/h3-10H,1-2H3,(H,19,20,21)/t10-/m0/s1. The molecule has 3 aromatic rings. The SMILES string of the molecule is COc1ccccc1O[C@@H](C)C(=O)Nc1nc2cc(F)ccc2s1. The van der Waals surface area contributed by atoms with Gasteiger partial charge in [-0.05, 0) is 31.2 Å². The van der Waals surface area contributed by atoms with E-state index in [1.54, 1.807) is 31.2 Å². The maximum atomic E-state index is 13.2. The Hall–Kier alpha value is -2.67. The fraction of sp³-hybridized carbons (Fsp3) is 0.176. The second kappa shape index (κ2) is 6.84. The van der Waals surface area contributed by atoms with Crippen molar-refractivity contribution in [2.75, 3.05) is 12.4 Å². The molecule has 0 radical (unpaired) electrons. The molecule has 1 aromatic heterocycles. The van der Waals surface area contributed by atoms with Crippen LogP contribution in [0, 0.1) is 5.82 Å². The predicted molar refractivity (Wildman–Crippen MR) is 91.3 cm³/mol. The molecule has 0 spiro atoms. The lowest BCUT2D eigenvalue weighted by Gasteiger charge is -2.15. The molecule has 0 aliphatic rings. The zero-order valence-electron chi connectivity index (χ0n) is 13.1. The van der Waals surface area contributed by atoms with Crippen molar-refractivity contribution in [2.45, 2.75) is 13.0 Å². The van der Waals surface area contributed by atoms with Crippen molar-refractivity contribution in [3.63, 3.8) is 0 Å². The van der Waals surface area contributed by atoms with E-state index in [0.29, 0.717) is 22.1 Å². The molecule has 124 valence electrons. The quantitative estimate of drug-likeness (QED) is 0.762. The van der Waals surface area contributed by atoms with Gasteiger partial charge in [0.05, 0.1) is 17.3 Å². The molecule has 3 rings (SSSR count). The van der Waals surface area contributed by atoms with E-state index < -0.39 is 6.10 Å². The summed E-state index contributed by atoms with van der Waals surface area (Å²) in [5, 5.41) is 3.09. The van der Waals surface area contributed by atoms with Gasteiger partial charge in [0, 0.05) is 6.07 Å². The average Bonchev–Trinajstić information content (AvgIpc) is 2.96. The van der Waals surface area contributed by atoms with Crippen molar-refractivity contribution in [3.8, 4) is 11.5 Å². The lowest BCUT2D eigenvalue weighted by Crippen LogP contribution is -2.30. The Morgan fingerprint density at radius 3 is 2.75 bits per heavy atom. The van der Waals surface area contributed by atoms with Crippen LogP contribution >= 0.6 is 11.3 Å². The Morgan fingerprint density at radius 2 is 2.00 bits per heavy atom. The predicted octanol–water partition coefficient (Wildman–Crippen LogP) is 3.85. The highest BCUT2D eigenvalue weighted by Crippen LogP contribution is 2.28. The number of anilines is 1. The summed E-state index contributed by atoms with van der Waals surface area (Å²) >= 11 is 1.28. The smallest absolute Gasteiger partial charge is 0.266 e. The van der Waals surface area contributed by atoms with Gasteiger partial charge >= 0.3 is 0 Å². The van der Waals surface area contributed by atoms with Crippen LogP contribution in [0.2, 0.25) is 0 Å². The molecular formula is C17H15FN2O3S. The van der Waals surface area contributed by atoms with Gasteiger partial charge in [0.1, 0.15) is 5.82 Å². The van der Waals surface area contributed by atoms with Crippen LogP contribution in [0.3, 0.4) is 0 Å². The van der Waals surface area contributed by atoms with Crippen molar-refractivity contribution < 1.29 is 18.7 Å². The number of hydrogen-bond donors (Lipinski definition) is 1. The van der Waals surface area contributed by atoms with Gasteiger partial charge in [0.15, 0.2) is 22.7 Å². The minimum absolute atomic E-state index is 0.347. The molecule has 0 aliphatic heterocycles.